The van der Waals surface area contributed by atoms with Gasteiger partial charge in [-0.2, -0.15) is 4.31 Å². The van der Waals surface area contributed by atoms with Crippen LogP contribution in [0, 0.1) is 0 Å². The average Bonchev–Trinajstić information content (AvgIpc) is 2.75. The van der Waals surface area contributed by atoms with Gasteiger partial charge < -0.3 is 4.74 Å². The molecule has 3 rings (SSSR count). The summed E-state index contributed by atoms with van der Waals surface area (Å²) in [7, 11) is -7.19. The molecule has 31 heavy (non-hydrogen) atoms. The van der Waals surface area contributed by atoms with Crippen LogP contribution >= 0.6 is 0 Å². The molecule has 0 spiro atoms. The van der Waals surface area contributed by atoms with Crippen LogP contribution in [0.3, 0.4) is 0 Å². The van der Waals surface area contributed by atoms with Crippen LogP contribution < -0.4 is 10.2 Å². The fourth-order valence-corrected chi connectivity index (χ4v) is 5.34. The molecular formula is C18H22N4O7S2. The molecule has 1 amide bonds. The van der Waals surface area contributed by atoms with E-state index in [9.17, 15) is 21.6 Å². The lowest BCUT2D eigenvalue weighted by Gasteiger charge is -2.33. The van der Waals surface area contributed by atoms with E-state index in [1.807, 2.05) is 0 Å². The van der Waals surface area contributed by atoms with Crippen molar-refractivity contribution in [3.63, 3.8) is 0 Å². The molecule has 2 N–H and O–H groups in total. The molecule has 0 radical (unpaired) electrons. The number of carbonyl (C=O) groups is 1. The third-order valence-corrected chi connectivity index (χ3v) is 7.57. The predicted molar refractivity (Wildman–Crippen MR) is 108 cm³/mol. The Morgan fingerprint density at radius 1 is 1.16 bits per heavy atom. The number of sulfonamides is 1. The van der Waals surface area contributed by atoms with Crippen LogP contribution in [0.4, 0.5) is 0 Å². The normalized spacial score (nSPS) is 17.0. The zero-order valence-corrected chi connectivity index (χ0v) is 18.3. The van der Waals surface area contributed by atoms with Crippen LogP contribution in [0.25, 0.3) is 0 Å². The number of hydrogen-bond donors (Lipinski definition) is 2. The molecule has 1 atom stereocenters. The first kappa shape index (κ1) is 23.1. The monoisotopic (exact) mass is 470 g/mol. The highest BCUT2D eigenvalue weighted by Crippen LogP contribution is 2.28. The van der Waals surface area contributed by atoms with E-state index in [4.69, 9.17) is 9.94 Å². The fourth-order valence-electron chi connectivity index (χ4n) is 3.15. The van der Waals surface area contributed by atoms with Crippen molar-refractivity contribution in [2.24, 2.45) is 0 Å². The molecular weight excluding hydrogens is 448 g/mol. The fraction of sp³-hybridized carbons (Fsp3) is 0.389. The van der Waals surface area contributed by atoms with Crippen LogP contribution in [0.2, 0.25) is 0 Å². The van der Waals surface area contributed by atoms with E-state index in [0.717, 1.165) is 10.6 Å². The van der Waals surface area contributed by atoms with Gasteiger partial charge in [0.15, 0.2) is 0 Å². The molecule has 0 fully saturated rings. The van der Waals surface area contributed by atoms with Crippen LogP contribution in [-0.2, 0) is 37.6 Å². The third kappa shape index (κ3) is 5.55. The van der Waals surface area contributed by atoms with E-state index in [2.05, 4.69) is 9.97 Å². The summed E-state index contributed by atoms with van der Waals surface area (Å²) in [5.74, 6) is -0.495. The summed E-state index contributed by atoms with van der Waals surface area (Å²) in [5.41, 5.74) is 2.43. The molecule has 1 aromatic carbocycles. The maximum atomic E-state index is 13.2. The highest BCUT2D eigenvalue weighted by molar-refractivity contribution is 7.90. The second-order valence-electron chi connectivity index (χ2n) is 7.00. The quantitative estimate of drug-likeness (QED) is 0.306. The average molecular weight is 471 g/mol. The Morgan fingerprint density at radius 2 is 1.81 bits per heavy atom. The molecule has 0 saturated heterocycles. The highest BCUT2D eigenvalue weighted by atomic mass is 32.2. The zero-order chi connectivity index (χ0) is 22.6. The minimum Gasteiger partial charge on any atom is -0.494 e. The minimum absolute atomic E-state index is 0.00685. The number of fused-ring (bicyclic) bond motifs is 1. The number of ether oxygens (including phenoxy) is 1. The van der Waals surface area contributed by atoms with Crippen molar-refractivity contribution in [2.75, 3.05) is 18.6 Å². The number of carbonyl (C=O) groups excluding carboxylic acids is 1. The number of sulfone groups is 1. The van der Waals surface area contributed by atoms with Crippen molar-refractivity contribution in [2.45, 2.75) is 30.3 Å². The molecule has 11 nitrogen and oxygen atoms in total. The Morgan fingerprint density at radius 3 is 2.42 bits per heavy atom. The summed E-state index contributed by atoms with van der Waals surface area (Å²) in [6.07, 6.45) is 4.31. The van der Waals surface area contributed by atoms with Crippen LogP contribution in [0.5, 0.6) is 5.75 Å². The van der Waals surface area contributed by atoms with Gasteiger partial charge in [0.05, 0.1) is 35.2 Å². The summed E-state index contributed by atoms with van der Waals surface area (Å²) >= 11 is 0. The Bertz CT molecular complexity index is 1150. The van der Waals surface area contributed by atoms with E-state index in [-0.39, 0.29) is 30.2 Å². The molecule has 0 aliphatic carbocycles. The first-order chi connectivity index (χ1) is 14.6. The molecule has 1 aliphatic rings. The lowest BCUT2D eigenvalue weighted by Crippen LogP contribution is -2.52. The van der Waals surface area contributed by atoms with E-state index in [0.29, 0.717) is 23.6 Å². The van der Waals surface area contributed by atoms with Crippen LogP contribution in [0.15, 0.2) is 41.6 Å². The SMILES string of the molecule is CS(=O)(=O)CCCOc1ccc(S(=O)(=O)N2Cc3nccnc3C[C@@H]2C(=O)NO)cc1. The molecule has 0 bridgehead atoms. The van der Waals surface area contributed by atoms with Gasteiger partial charge >= 0.3 is 0 Å². The van der Waals surface area contributed by atoms with Gasteiger partial charge in [0, 0.05) is 25.1 Å². The van der Waals surface area contributed by atoms with Crippen molar-refractivity contribution in [1.82, 2.24) is 19.8 Å². The van der Waals surface area contributed by atoms with Crippen LogP contribution in [-0.4, -0.2) is 66.9 Å². The number of nitrogens with zero attached hydrogens (tertiary/aromatic N) is 3. The Balaban J connectivity index is 1.78. The first-order valence-corrected chi connectivity index (χ1v) is 12.8. The maximum Gasteiger partial charge on any atom is 0.262 e. The van der Waals surface area contributed by atoms with Gasteiger partial charge in [0.25, 0.3) is 5.91 Å². The van der Waals surface area contributed by atoms with Gasteiger partial charge in [-0.15, -0.1) is 0 Å². The number of amides is 1. The Kier molecular flexibility index (Phi) is 6.89. The van der Waals surface area contributed by atoms with E-state index in [1.165, 1.54) is 42.1 Å². The van der Waals surface area contributed by atoms with Crippen molar-refractivity contribution in [1.29, 1.82) is 0 Å². The first-order valence-electron chi connectivity index (χ1n) is 9.27. The molecule has 2 heterocycles. The highest BCUT2D eigenvalue weighted by Gasteiger charge is 2.40. The summed E-state index contributed by atoms with van der Waals surface area (Å²) in [5, 5.41) is 9.07. The predicted octanol–water partition coefficient (Wildman–Crippen LogP) is -0.0889. The number of aromatic nitrogens is 2. The molecule has 1 aromatic heterocycles. The zero-order valence-electron chi connectivity index (χ0n) is 16.6. The van der Waals surface area contributed by atoms with E-state index < -0.39 is 31.8 Å². The van der Waals surface area contributed by atoms with Gasteiger partial charge in [-0.25, -0.2) is 22.3 Å². The molecule has 0 unspecified atom stereocenters. The summed E-state index contributed by atoms with van der Waals surface area (Å²) in [6.45, 7) is -0.00712. The second kappa shape index (κ2) is 9.26. The third-order valence-electron chi connectivity index (χ3n) is 4.67. The largest absolute Gasteiger partial charge is 0.494 e. The van der Waals surface area contributed by atoms with Gasteiger partial charge in [-0.3, -0.25) is 20.0 Å². The molecule has 13 heteroatoms. The minimum atomic E-state index is -4.11. The molecule has 1 aliphatic heterocycles. The van der Waals surface area contributed by atoms with Crippen molar-refractivity contribution < 1.29 is 31.6 Å². The number of hydroxylamine groups is 1. The lowest BCUT2D eigenvalue weighted by atomic mass is 10.0. The van der Waals surface area contributed by atoms with Crippen molar-refractivity contribution in [3.05, 3.63) is 48.0 Å². The molecule has 168 valence electrons. The Hall–Kier alpha value is -2.61. The summed E-state index contributed by atoms with van der Waals surface area (Å²) in [4.78, 5) is 20.4. The number of hydrogen-bond acceptors (Lipinski definition) is 9. The van der Waals surface area contributed by atoms with Crippen molar-refractivity contribution in [3.8, 4) is 5.75 Å². The lowest BCUT2D eigenvalue weighted by molar-refractivity contribution is -0.133. The Labute approximate surface area is 180 Å². The van der Waals surface area contributed by atoms with E-state index in [1.54, 1.807) is 0 Å². The van der Waals surface area contributed by atoms with Gasteiger partial charge in [-0.1, -0.05) is 0 Å². The van der Waals surface area contributed by atoms with Gasteiger partial charge in [0.1, 0.15) is 21.6 Å². The summed E-state index contributed by atoms with van der Waals surface area (Å²) < 4.78 is 55.1. The molecule has 2 aromatic rings. The topological polar surface area (TPSA) is 156 Å². The van der Waals surface area contributed by atoms with Crippen LogP contribution in [0.1, 0.15) is 17.8 Å². The maximum absolute atomic E-state index is 13.2. The number of rotatable bonds is 8. The standard InChI is InChI=1S/C18H22N4O7S2/c1-30(25,26)10-2-9-29-13-3-5-14(6-4-13)31(27,28)22-12-16-15(19-7-8-20-16)11-17(22)18(23)21-24/h3-8,17,24H,2,9-12H2,1H3,(H,21,23)/t17-/m1/s1. The summed E-state index contributed by atoms with van der Waals surface area (Å²) in [6, 6.07) is 4.38. The van der Waals surface area contributed by atoms with Crippen molar-refractivity contribution >= 4 is 25.8 Å². The van der Waals surface area contributed by atoms with Gasteiger partial charge in [-0.05, 0) is 30.7 Å². The number of nitrogens with one attached hydrogen (secondary N) is 1. The van der Waals surface area contributed by atoms with Gasteiger partial charge in [0.2, 0.25) is 10.0 Å². The van der Waals surface area contributed by atoms with E-state index >= 15 is 0 Å². The smallest absolute Gasteiger partial charge is 0.262 e. The second-order valence-corrected chi connectivity index (χ2v) is 11.1. The molecule has 0 saturated carbocycles. The number of benzene rings is 1.